The molecule has 0 aliphatic carbocycles. The minimum absolute atomic E-state index is 0.811. The highest BCUT2D eigenvalue weighted by atomic mass is 79.9. The van der Waals surface area contributed by atoms with E-state index in [2.05, 4.69) is 39.4 Å². The Bertz CT molecular complexity index is 427. The van der Waals surface area contributed by atoms with Crippen LogP contribution in [0.2, 0.25) is 0 Å². The van der Waals surface area contributed by atoms with E-state index in [4.69, 9.17) is 24.5 Å². The first-order chi connectivity index (χ1) is 9.97. The van der Waals surface area contributed by atoms with E-state index in [0.717, 1.165) is 37.2 Å². The molecule has 0 atom stereocenters. The predicted molar refractivity (Wildman–Crippen MR) is 82.2 cm³/mol. The van der Waals surface area contributed by atoms with Crippen LogP contribution in [0.25, 0.3) is 0 Å². The van der Waals surface area contributed by atoms with Crippen molar-refractivity contribution in [2.24, 2.45) is 0 Å². The fourth-order valence-corrected chi connectivity index (χ4v) is 1.77. The molecule has 0 saturated carbocycles. The van der Waals surface area contributed by atoms with Gasteiger partial charge < -0.3 is 20.3 Å². The molecule has 1 aromatic rings. The molecule has 7 heteroatoms. The van der Waals surface area contributed by atoms with Gasteiger partial charge in [0.25, 0.3) is 0 Å². The zero-order chi connectivity index (χ0) is 16.1. The summed E-state index contributed by atoms with van der Waals surface area (Å²) in [6.45, 7) is 5.61. The SMILES string of the molecule is CCOCCCNCc1cccc(Br)c1.O=C(O)C(=O)O. The lowest BCUT2D eigenvalue weighted by Crippen LogP contribution is -2.16. The van der Waals surface area contributed by atoms with E-state index < -0.39 is 11.9 Å². The quantitative estimate of drug-likeness (QED) is 0.508. The van der Waals surface area contributed by atoms with E-state index in [0.29, 0.717) is 0 Å². The molecule has 118 valence electrons. The zero-order valence-corrected chi connectivity index (χ0v) is 13.4. The summed E-state index contributed by atoms with van der Waals surface area (Å²) in [5.74, 6) is -3.65. The molecule has 1 aromatic carbocycles. The van der Waals surface area contributed by atoms with Gasteiger partial charge in [0.15, 0.2) is 0 Å². The summed E-state index contributed by atoms with van der Waals surface area (Å²) in [6.07, 6.45) is 1.07. The third-order valence-electron chi connectivity index (χ3n) is 2.25. The van der Waals surface area contributed by atoms with Gasteiger partial charge in [-0.3, -0.25) is 0 Å². The number of halogens is 1. The van der Waals surface area contributed by atoms with Gasteiger partial charge in [-0.2, -0.15) is 0 Å². The molecular weight excluding hydrogens is 342 g/mol. The average Bonchev–Trinajstić information content (AvgIpc) is 2.43. The molecule has 0 aliphatic heterocycles. The zero-order valence-electron chi connectivity index (χ0n) is 11.8. The molecule has 21 heavy (non-hydrogen) atoms. The third kappa shape index (κ3) is 12.0. The Morgan fingerprint density at radius 2 is 1.95 bits per heavy atom. The molecule has 0 saturated heterocycles. The molecule has 0 unspecified atom stereocenters. The molecule has 0 aliphatic rings. The Kier molecular flexibility index (Phi) is 11.5. The van der Waals surface area contributed by atoms with Gasteiger partial charge >= 0.3 is 11.9 Å². The van der Waals surface area contributed by atoms with Crippen molar-refractivity contribution in [1.29, 1.82) is 0 Å². The van der Waals surface area contributed by atoms with Crippen molar-refractivity contribution in [2.45, 2.75) is 19.9 Å². The van der Waals surface area contributed by atoms with Crippen LogP contribution >= 0.6 is 15.9 Å². The summed E-state index contributed by atoms with van der Waals surface area (Å²) in [4.78, 5) is 18.2. The predicted octanol–water partition coefficient (Wildman–Crippen LogP) is 2.12. The summed E-state index contributed by atoms with van der Waals surface area (Å²) in [7, 11) is 0. The molecule has 0 spiro atoms. The van der Waals surface area contributed by atoms with E-state index in [1.165, 1.54) is 5.56 Å². The van der Waals surface area contributed by atoms with Gasteiger partial charge in [0, 0.05) is 24.2 Å². The molecule has 0 fully saturated rings. The Labute approximate surface area is 132 Å². The summed E-state index contributed by atoms with van der Waals surface area (Å²) >= 11 is 3.46. The molecule has 6 nitrogen and oxygen atoms in total. The Balaban J connectivity index is 0.000000567. The number of nitrogens with one attached hydrogen (secondary N) is 1. The molecule has 0 heterocycles. The van der Waals surface area contributed by atoms with Crippen LogP contribution in [-0.2, 0) is 20.9 Å². The third-order valence-corrected chi connectivity index (χ3v) is 2.74. The second-order valence-electron chi connectivity index (χ2n) is 3.97. The lowest BCUT2D eigenvalue weighted by Gasteiger charge is -2.05. The van der Waals surface area contributed by atoms with Crippen LogP contribution in [0.3, 0.4) is 0 Å². The Morgan fingerprint density at radius 1 is 1.29 bits per heavy atom. The molecule has 0 bridgehead atoms. The van der Waals surface area contributed by atoms with Crippen LogP contribution < -0.4 is 5.32 Å². The standard InChI is InChI=1S/C12H18BrNO.C2H2O4/c1-2-15-8-4-7-14-10-11-5-3-6-12(13)9-11;3-1(4)2(5)6/h3,5-6,9,14H,2,4,7-8,10H2,1H3;(H,3,4)(H,5,6). The number of benzene rings is 1. The van der Waals surface area contributed by atoms with E-state index in [9.17, 15) is 0 Å². The van der Waals surface area contributed by atoms with Crippen molar-refractivity contribution in [2.75, 3.05) is 19.8 Å². The Hall–Kier alpha value is -1.44. The molecule has 0 amide bonds. The molecular formula is C14H20BrNO5. The van der Waals surface area contributed by atoms with Gasteiger partial charge in [-0.05, 0) is 37.6 Å². The van der Waals surface area contributed by atoms with Crippen LogP contribution in [0.1, 0.15) is 18.9 Å². The molecule has 0 aromatic heterocycles. The van der Waals surface area contributed by atoms with Crippen molar-refractivity contribution in [3.05, 3.63) is 34.3 Å². The van der Waals surface area contributed by atoms with Crippen molar-refractivity contribution < 1.29 is 24.5 Å². The number of carbonyl (C=O) groups is 2. The highest BCUT2D eigenvalue weighted by Crippen LogP contribution is 2.11. The smallest absolute Gasteiger partial charge is 0.414 e. The number of ether oxygens (including phenoxy) is 1. The fraction of sp³-hybridized carbons (Fsp3) is 0.429. The van der Waals surface area contributed by atoms with Crippen LogP contribution in [0.4, 0.5) is 0 Å². The number of hydrogen-bond donors (Lipinski definition) is 3. The first-order valence-electron chi connectivity index (χ1n) is 6.46. The Morgan fingerprint density at radius 3 is 2.48 bits per heavy atom. The first-order valence-corrected chi connectivity index (χ1v) is 7.25. The summed E-state index contributed by atoms with van der Waals surface area (Å²) in [5.41, 5.74) is 1.31. The second-order valence-corrected chi connectivity index (χ2v) is 4.88. The van der Waals surface area contributed by atoms with Gasteiger partial charge in [-0.15, -0.1) is 0 Å². The summed E-state index contributed by atoms with van der Waals surface area (Å²) in [5, 5.41) is 18.2. The van der Waals surface area contributed by atoms with Crippen LogP contribution in [0.15, 0.2) is 28.7 Å². The maximum Gasteiger partial charge on any atom is 0.414 e. The van der Waals surface area contributed by atoms with Gasteiger partial charge in [0.05, 0.1) is 0 Å². The number of aliphatic carboxylic acids is 2. The van der Waals surface area contributed by atoms with Crippen molar-refractivity contribution in [1.82, 2.24) is 5.32 Å². The van der Waals surface area contributed by atoms with E-state index in [1.54, 1.807) is 0 Å². The van der Waals surface area contributed by atoms with Gasteiger partial charge in [-0.25, -0.2) is 9.59 Å². The van der Waals surface area contributed by atoms with Crippen LogP contribution in [-0.4, -0.2) is 41.9 Å². The number of carboxylic acids is 2. The molecule has 3 N–H and O–H groups in total. The summed E-state index contributed by atoms with van der Waals surface area (Å²) < 4.78 is 6.39. The lowest BCUT2D eigenvalue weighted by atomic mass is 10.2. The van der Waals surface area contributed by atoms with E-state index in [1.807, 2.05) is 13.0 Å². The van der Waals surface area contributed by atoms with Crippen molar-refractivity contribution >= 4 is 27.9 Å². The molecule has 1 rings (SSSR count). The normalized spacial score (nSPS) is 9.62. The van der Waals surface area contributed by atoms with Crippen LogP contribution in [0, 0.1) is 0 Å². The van der Waals surface area contributed by atoms with Crippen LogP contribution in [0.5, 0.6) is 0 Å². The summed E-state index contributed by atoms with van der Waals surface area (Å²) in [6, 6.07) is 8.36. The topological polar surface area (TPSA) is 95.9 Å². The van der Waals surface area contributed by atoms with E-state index in [-0.39, 0.29) is 0 Å². The lowest BCUT2D eigenvalue weighted by molar-refractivity contribution is -0.159. The largest absolute Gasteiger partial charge is 0.473 e. The highest BCUT2D eigenvalue weighted by molar-refractivity contribution is 9.10. The van der Waals surface area contributed by atoms with Crippen molar-refractivity contribution in [3.63, 3.8) is 0 Å². The highest BCUT2D eigenvalue weighted by Gasteiger charge is 2.04. The minimum atomic E-state index is -1.82. The number of carboxylic acid groups (broad SMARTS) is 2. The number of rotatable bonds is 7. The first kappa shape index (κ1) is 19.6. The fourth-order valence-electron chi connectivity index (χ4n) is 1.32. The minimum Gasteiger partial charge on any atom is -0.473 e. The van der Waals surface area contributed by atoms with E-state index >= 15 is 0 Å². The van der Waals surface area contributed by atoms with Gasteiger partial charge in [-0.1, -0.05) is 28.1 Å². The van der Waals surface area contributed by atoms with Gasteiger partial charge in [0.1, 0.15) is 0 Å². The van der Waals surface area contributed by atoms with Crippen molar-refractivity contribution in [3.8, 4) is 0 Å². The maximum absolute atomic E-state index is 9.10. The maximum atomic E-state index is 9.10. The number of hydrogen-bond acceptors (Lipinski definition) is 4. The monoisotopic (exact) mass is 361 g/mol. The second kappa shape index (κ2) is 12.3. The molecule has 0 radical (unpaired) electrons. The van der Waals surface area contributed by atoms with Gasteiger partial charge in [0.2, 0.25) is 0 Å². The average molecular weight is 362 g/mol.